The summed E-state index contributed by atoms with van der Waals surface area (Å²) in [6.07, 6.45) is 4.62. The van der Waals surface area contributed by atoms with Gasteiger partial charge in [0.15, 0.2) is 0 Å². The molecule has 3 aromatic rings. The number of hydrogen-bond donors (Lipinski definition) is 2. The number of nitrogens with one attached hydrogen (secondary N) is 2. The first-order valence-electron chi connectivity index (χ1n) is 11.3. The number of aromatic nitrogens is 2. The van der Waals surface area contributed by atoms with E-state index in [2.05, 4.69) is 39.9 Å². The third-order valence-electron chi connectivity index (χ3n) is 6.83. The Morgan fingerprint density at radius 1 is 1.03 bits per heavy atom. The van der Waals surface area contributed by atoms with Crippen LogP contribution in [0.1, 0.15) is 41.3 Å². The fraction of sp³-hybridized carbons (Fsp3) is 0.308. The Morgan fingerprint density at radius 2 is 1.76 bits per heavy atom. The van der Waals surface area contributed by atoms with Crippen LogP contribution in [0.15, 0.2) is 54.7 Å². The molecule has 2 amide bonds. The lowest BCUT2D eigenvalue weighted by molar-refractivity contribution is -0.114. The number of carbonyl (C=O) groups is 2. The van der Waals surface area contributed by atoms with Gasteiger partial charge in [-0.15, -0.1) is 0 Å². The van der Waals surface area contributed by atoms with E-state index < -0.39 is 0 Å². The standard InChI is InChI=1S/C26H27N5O2/c1-17(32)29-20-9-7-18(8-10-20)24(33)31-13-11-26(12-14-31)15-19-16-28-25(27-2)30-23(19)21-5-3-4-6-22(21)26/h3-10,16H,11-15H2,1-2H3,(H,29,32)(H,27,28,30). The van der Waals surface area contributed by atoms with Gasteiger partial charge in [0.2, 0.25) is 11.9 Å². The Kier molecular flexibility index (Phi) is 5.32. The first-order chi connectivity index (χ1) is 16.0. The van der Waals surface area contributed by atoms with Gasteiger partial charge in [0.1, 0.15) is 0 Å². The molecule has 2 N–H and O–H groups in total. The third kappa shape index (κ3) is 3.84. The van der Waals surface area contributed by atoms with Gasteiger partial charge in [0.25, 0.3) is 5.91 Å². The molecule has 2 heterocycles. The number of benzene rings is 2. The van der Waals surface area contributed by atoms with Crippen molar-refractivity contribution in [2.24, 2.45) is 0 Å². The van der Waals surface area contributed by atoms with Crippen LogP contribution in [-0.4, -0.2) is 46.8 Å². The summed E-state index contributed by atoms with van der Waals surface area (Å²) in [6, 6.07) is 15.6. The second-order valence-electron chi connectivity index (χ2n) is 8.87. The number of anilines is 2. The summed E-state index contributed by atoms with van der Waals surface area (Å²) in [6.45, 7) is 2.87. The highest BCUT2D eigenvalue weighted by atomic mass is 16.2. The molecule has 7 heteroatoms. The van der Waals surface area contributed by atoms with Crippen LogP contribution in [0.4, 0.5) is 11.6 Å². The number of nitrogens with zero attached hydrogens (tertiary/aromatic N) is 3. The lowest BCUT2D eigenvalue weighted by atomic mass is 9.64. The van der Waals surface area contributed by atoms with E-state index in [1.165, 1.54) is 23.6 Å². The van der Waals surface area contributed by atoms with Crippen molar-refractivity contribution in [3.63, 3.8) is 0 Å². The lowest BCUT2D eigenvalue weighted by Crippen LogP contribution is -2.47. The zero-order valence-electron chi connectivity index (χ0n) is 18.9. The minimum Gasteiger partial charge on any atom is -0.357 e. The molecule has 1 spiro atoms. The second kappa shape index (κ2) is 8.31. The fourth-order valence-corrected chi connectivity index (χ4v) is 5.17. The minimum absolute atomic E-state index is 0.0137. The topological polar surface area (TPSA) is 87.2 Å². The van der Waals surface area contributed by atoms with E-state index in [9.17, 15) is 9.59 Å². The maximum Gasteiger partial charge on any atom is 0.253 e. The van der Waals surface area contributed by atoms with Gasteiger partial charge in [-0.25, -0.2) is 9.97 Å². The van der Waals surface area contributed by atoms with Crippen LogP contribution in [0.25, 0.3) is 11.3 Å². The van der Waals surface area contributed by atoms with Crippen LogP contribution >= 0.6 is 0 Å². The highest BCUT2D eigenvalue weighted by Crippen LogP contribution is 2.48. The summed E-state index contributed by atoms with van der Waals surface area (Å²) in [4.78, 5) is 35.5. The van der Waals surface area contributed by atoms with Crippen molar-refractivity contribution < 1.29 is 9.59 Å². The summed E-state index contributed by atoms with van der Waals surface area (Å²) in [5, 5.41) is 5.77. The van der Waals surface area contributed by atoms with Gasteiger partial charge in [-0.3, -0.25) is 9.59 Å². The SMILES string of the molecule is CNc1ncc2c(n1)-c1ccccc1C1(CCN(C(=O)c3ccc(NC(C)=O)cc3)CC1)C2. The highest BCUT2D eigenvalue weighted by molar-refractivity contribution is 5.95. The van der Waals surface area contributed by atoms with Crippen LogP contribution in [0.2, 0.25) is 0 Å². The highest BCUT2D eigenvalue weighted by Gasteiger charge is 2.42. The molecule has 5 rings (SSSR count). The molecule has 0 radical (unpaired) electrons. The van der Waals surface area contributed by atoms with Crippen molar-refractivity contribution in [2.75, 3.05) is 30.8 Å². The summed E-state index contributed by atoms with van der Waals surface area (Å²) in [5.41, 5.74) is 5.99. The molecule has 1 aliphatic carbocycles. The molecule has 0 atom stereocenters. The van der Waals surface area contributed by atoms with Crippen molar-refractivity contribution >= 4 is 23.5 Å². The van der Waals surface area contributed by atoms with E-state index in [-0.39, 0.29) is 17.2 Å². The summed E-state index contributed by atoms with van der Waals surface area (Å²) in [7, 11) is 1.83. The average molecular weight is 442 g/mol. The number of piperidine rings is 1. The summed E-state index contributed by atoms with van der Waals surface area (Å²) < 4.78 is 0. The van der Waals surface area contributed by atoms with Crippen molar-refractivity contribution in [3.8, 4) is 11.3 Å². The van der Waals surface area contributed by atoms with Crippen molar-refractivity contribution in [1.82, 2.24) is 14.9 Å². The lowest BCUT2D eigenvalue weighted by Gasteiger charge is -2.45. The van der Waals surface area contributed by atoms with E-state index >= 15 is 0 Å². The summed E-state index contributed by atoms with van der Waals surface area (Å²) in [5.74, 6) is 0.535. The Labute approximate surface area is 193 Å². The molecule has 0 bridgehead atoms. The molecule has 2 aromatic carbocycles. The number of amides is 2. The molecule has 0 saturated carbocycles. The largest absolute Gasteiger partial charge is 0.357 e. The first kappa shape index (κ1) is 21.1. The zero-order valence-corrected chi connectivity index (χ0v) is 18.9. The van der Waals surface area contributed by atoms with E-state index in [0.717, 1.165) is 25.0 Å². The maximum absolute atomic E-state index is 13.1. The fourth-order valence-electron chi connectivity index (χ4n) is 5.17. The first-order valence-corrected chi connectivity index (χ1v) is 11.3. The number of fused-ring (bicyclic) bond motifs is 4. The molecule has 33 heavy (non-hydrogen) atoms. The Bertz CT molecular complexity index is 1210. The van der Waals surface area contributed by atoms with Gasteiger partial charge in [0.05, 0.1) is 5.69 Å². The predicted molar refractivity (Wildman–Crippen MR) is 128 cm³/mol. The van der Waals surface area contributed by atoms with Crippen LogP contribution in [0, 0.1) is 0 Å². The van der Waals surface area contributed by atoms with Crippen molar-refractivity contribution in [3.05, 3.63) is 71.4 Å². The Balaban J connectivity index is 1.36. The smallest absolute Gasteiger partial charge is 0.253 e. The molecule has 7 nitrogen and oxygen atoms in total. The van der Waals surface area contributed by atoms with Gasteiger partial charge in [-0.2, -0.15) is 0 Å². The van der Waals surface area contributed by atoms with Gasteiger partial charge in [-0.05, 0) is 54.7 Å². The van der Waals surface area contributed by atoms with Crippen molar-refractivity contribution in [1.29, 1.82) is 0 Å². The predicted octanol–water partition coefficient (Wildman–Crippen LogP) is 3.87. The molecule has 1 aliphatic heterocycles. The number of carbonyl (C=O) groups excluding carboxylic acids is 2. The molecular formula is C26H27N5O2. The van der Waals surface area contributed by atoms with Gasteiger partial charge in [-0.1, -0.05) is 24.3 Å². The summed E-state index contributed by atoms with van der Waals surface area (Å²) >= 11 is 0. The molecule has 1 saturated heterocycles. The van der Waals surface area contributed by atoms with Crippen LogP contribution in [0.5, 0.6) is 0 Å². The molecule has 1 fully saturated rings. The van der Waals surface area contributed by atoms with Gasteiger partial charge >= 0.3 is 0 Å². The molecule has 168 valence electrons. The Hall–Kier alpha value is -3.74. The number of likely N-dealkylation sites (tertiary alicyclic amines) is 1. The Morgan fingerprint density at radius 3 is 2.45 bits per heavy atom. The van der Waals surface area contributed by atoms with E-state index in [1.54, 1.807) is 24.3 Å². The van der Waals surface area contributed by atoms with E-state index in [0.29, 0.717) is 30.3 Å². The zero-order chi connectivity index (χ0) is 23.0. The van der Waals surface area contributed by atoms with Gasteiger partial charge < -0.3 is 15.5 Å². The van der Waals surface area contributed by atoms with E-state index in [1.807, 2.05) is 18.1 Å². The monoisotopic (exact) mass is 441 g/mol. The third-order valence-corrected chi connectivity index (χ3v) is 6.83. The quantitative estimate of drug-likeness (QED) is 0.644. The molecule has 1 aromatic heterocycles. The van der Waals surface area contributed by atoms with Gasteiger partial charge in [0, 0.05) is 55.5 Å². The normalized spacial score (nSPS) is 16.0. The number of rotatable bonds is 3. The average Bonchev–Trinajstić information content (AvgIpc) is 2.84. The van der Waals surface area contributed by atoms with E-state index in [4.69, 9.17) is 4.98 Å². The van der Waals surface area contributed by atoms with Crippen LogP contribution in [-0.2, 0) is 16.6 Å². The molecule has 2 aliphatic rings. The van der Waals surface area contributed by atoms with Crippen LogP contribution in [0.3, 0.4) is 0 Å². The number of hydrogen-bond acceptors (Lipinski definition) is 5. The maximum atomic E-state index is 13.1. The molecule has 0 unspecified atom stereocenters. The minimum atomic E-state index is -0.127. The molecular weight excluding hydrogens is 414 g/mol. The van der Waals surface area contributed by atoms with Crippen LogP contribution < -0.4 is 10.6 Å². The second-order valence-corrected chi connectivity index (χ2v) is 8.87. The van der Waals surface area contributed by atoms with Crippen molar-refractivity contribution in [2.45, 2.75) is 31.6 Å².